The van der Waals surface area contributed by atoms with Gasteiger partial charge in [-0.15, -0.1) is 11.3 Å². The lowest BCUT2D eigenvalue weighted by atomic mass is 10.1. The van der Waals surface area contributed by atoms with E-state index in [4.69, 9.17) is 17.4 Å². The number of halogens is 1. The van der Waals surface area contributed by atoms with E-state index in [9.17, 15) is 4.79 Å². The second-order valence-electron chi connectivity index (χ2n) is 4.54. The van der Waals surface area contributed by atoms with Crippen LogP contribution in [0.15, 0.2) is 23.7 Å². The molecule has 0 saturated carbocycles. The van der Waals surface area contributed by atoms with Gasteiger partial charge in [0.25, 0.3) is 5.91 Å². The first-order chi connectivity index (χ1) is 9.69. The third-order valence-electron chi connectivity index (χ3n) is 3.32. The average Bonchev–Trinajstić information content (AvgIpc) is 2.93. The summed E-state index contributed by atoms with van der Waals surface area (Å²) >= 11 is 7.75. The Kier molecular flexibility index (Phi) is 3.60. The molecule has 3 rings (SSSR count). The van der Waals surface area contributed by atoms with Crippen LogP contribution in [0.3, 0.4) is 0 Å². The molecule has 1 aliphatic heterocycles. The van der Waals surface area contributed by atoms with E-state index in [-0.39, 0.29) is 5.91 Å². The summed E-state index contributed by atoms with van der Waals surface area (Å²) in [5, 5.41) is 2.41. The zero-order valence-corrected chi connectivity index (χ0v) is 12.2. The van der Waals surface area contributed by atoms with Crippen LogP contribution in [-0.4, -0.2) is 22.3 Å². The van der Waals surface area contributed by atoms with Crippen LogP contribution in [0.1, 0.15) is 20.8 Å². The van der Waals surface area contributed by atoms with E-state index in [1.54, 1.807) is 17.4 Å². The molecule has 0 aliphatic carbocycles. The first-order valence-corrected chi connectivity index (χ1v) is 7.41. The van der Waals surface area contributed by atoms with Gasteiger partial charge in [-0.3, -0.25) is 4.79 Å². The summed E-state index contributed by atoms with van der Waals surface area (Å²) in [6.45, 7) is 1.37. The Morgan fingerprint density at radius 3 is 3.15 bits per heavy atom. The Morgan fingerprint density at radius 2 is 2.40 bits per heavy atom. The summed E-state index contributed by atoms with van der Waals surface area (Å²) in [4.78, 5) is 19.7. The highest BCUT2D eigenvalue weighted by Gasteiger charge is 2.23. The van der Waals surface area contributed by atoms with Gasteiger partial charge in [0.05, 0.1) is 10.6 Å². The van der Waals surface area contributed by atoms with Gasteiger partial charge < -0.3 is 10.3 Å². The number of carbonyl (C=O) groups is 1. The maximum Gasteiger partial charge on any atom is 0.255 e. The summed E-state index contributed by atoms with van der Waals surface area (Å²) in [7, 11) is 0. The summed E-state index contributed by atoms with van der Waals surface area (Å²) in [5.74, 6) is 5.58. The summed E-state index contributed by atoms with van der Waals surface area (Å²) < 4.78 is 0. The van der Waals surface area contributed by atoms with Crippen molar-refractivity contribution >= 4 is 34.7 Å². The van der Waals surface area contributed by atoms with Crippen LogP contribution in [-0.2, 0) is 13.0 Å². The van der Waals surface area contributed by atoms with Crippen molar-refractivity contribution in [3.63, 3.8) is 0 Å². The molecule has 0 bridgehead atoms. The van der Waals surface area contributed by atoms with Crippen molar-refractivity contribution in [2.24, 2.45) is 5.84 Å². The number of nitrogens with zero attached hydrogens (tertiary/aromatic N) is 2. The minimum Gasteiger partial charge on any atom is -0.334 e. The van der Waals surface area contributed by atoms with Gasteiger partial charge in [0.15, 0.2) is 5.82 Å². The molecule has 3 heterocycles. The molecular formula is C13H13ClN4OS. The molecule has 1 aliphatic rings. The SMILES string of the molecule is NNc1ncc(C(=O)N2CCc3sccc3C2)cc1Cl. The van der Waals surface area contributed by atoms with Gasteiger partial charge in [-0.25, -0.2) is 10.8 Å². The topological polar surface area (TPSA) is 71.2 Å². The van der Waals surface area contributed by atoms with E-state index in [1.807, 2.05) is 4.90 Å². The highest BCUT2D eigenvalue weighted by atomic mass is 35.5. The van der Waals surface area contributed by atoms with Crippen LogP contribution >= 0.6 is 22.9 Å². The number of hydrazine groups is 1. The van der Waals surface area contributed by atoms with Crippen LogP contribution in [0, 0.1) is 0 Å². The Hall–Kier alpha value is -1.63. The fourth-order valence-electron chi connectivity index (χ4n) is 2.27. The maximum atomic E-state index is 12.5. The summed E-state index contributed by atoms with van der Waals surface area (Å²) in [5.41, 5.74) is 4.09. The molecule has 2 aromatic heterocycles. The van der Waals surface area contributed by atoms with E-state index >= 15 is 0 Å². The molecule has 0 unspecified atom stereocenters. The molecular weight excluding hydrogens is 296 g/mol. The van der Waals surface area contributed by atoms with Gasteiger partial charge in [-0.1, -0.05) is 11.6 Å². The van der Waals surface area contributed by atoms with Crippen molar-refractivity contribution in [1.82, 2.24) is 9.88 Å². The first kappa shape index (κ1) is 13.4. The number of thiophene rings is 1. The monoisotopic (exact) mass is 308 g/mol. The first-order valence-electron chi connectivity index (χ1n) is 6.15. The molecule has 1 amide bonds. The molecule has 0 aromatic carbocycles. The average molecular weight is 309 g/mol. The minimum atomic E-state index is -0.0557. The van der Waals surface area contributed by atoms with Gasteiger partial charge in [0, 0.05) is 24.2 Å². The lowest BCUT2D eigenvalue weighted by Gasteiger charge is -2.27. The van der Waals surface area contributed by atoms with Crippen LogP contribution < -0.4 is 11.3 Å². The van der Waals surface area contributed by atoms with Crippen molar-refractivity contribution in [2.45, 2.75) is 13.0 Å². The number of aromatic nitrogens is 1. The Labute approximate surface area is 125 Å². The third-order valence-corrected chi connectivity index (χ3v) is 4.63. The van der Waals surface area contributed by atoms with Crippen LogP contribution in [0.2, 0.25) is 5.02 Å². The zero-order valence-electron chi connectivity index (χ0n) is 10.6. The number of pyridine rings is 1. The minimum absolute atomic E-state index is 0.0557. The number of anilines is 1. The number of nitrogens with one attached hydrogen (secondary N) is 1. The molecule has 0 spiro atoms. The van der Waals surface area contributed by atoms with Crippen molar-refractivity contribution in [2.75, 3.05) is 12.0 Å². The summed E-state index contributed by atoms with van der Waals surface area (Å²) in [6, 6.07) is 3.67. The molecule has 0 saturated heterocycles. The maximum absolute atomic E-state index is 12.5. The van der Waals surface area contributed by atoms with Crippen LogP contribution in [0.4, 0.5) is 5.82 Å². The number of amides is 1. The molecule has 104 valence electrons. The molecule has 5 nitrogen and oxygen atoms in total. The second kappa shape index (κ2) is 5.40. The molecule has 0 fully saturated rings. The van der Waals surface area contributed by atoms with Gasteiger partial charge in [0.2, 0.25) is 0 Å². The molecule has 7 heteroatoms. The molecule has 0 radical (unpaired) electrons. The van der Waals surface area contributed by atoms with Crippen molar-refractivity contribution in [3.8, 4) is 0 Å². The lowest BCUT2D eigenvalue weighted by molar-refractivity contribution is 0.0735. The predicted molar refractivity (Wildman–Crippen MR) is 79.8 cm³/mol. The van der Waals surface area contributed by atoms with E-state index < -0.39 is 0 Å². The van der Waals surface area contributed by atoms with Gasteiger partial charge >= 0.3 is 0 Å². The van der Waals surface area contributed by atoms with E-state index in [2.05, 4.69) is 21.9 Å². The van der Waals surface area contributed by atoms with Crippen LogP contribution in [0.25, 0.3) is 0 Å². The smallest absolute Gasteiger partial charge is 0.255 e. The second-order valence-corrected chi connectivity index (χ2v) is 5.95. The zero-order chi connectivity index (χ0) is 14.1. The fraction of sp³-hybridized carbons (Fsp3) is 0.231. The van der Waals surface area contributed by atoms with Gasteiger partial charge in [0.1, 0.15) is 0 Å². The third kappa shape index (κ3) is 2.37. The van der Waals surface area contributed by atoms with E-state index in [0.29, 0.717) is 22.9 Å². The standard InChI is InChI=1S/C13H13ClN4OS/c14-10-5-9(6-16-12(10)17-15)13(19)18-3-1-11-8(7-18)2-4-20-11/h2,4-6H,1,3,7,15H2,(H,16,17). The quantitative estimate of drug-likeness (QED) is 0.659. The van der Waals surface area contributed by atoms with Gasteiger partial charge in [-0.05, 0) is 29.5 Å². The Bertz CT molecular complexity index is 658. The number of rotatable bonds is 2. The van der Waals surface area contributed by atoms with Gasteiger partial charge in [-0.2, -0.15) is 0 Å². The molecule has 2 aromatic rings. The highest BCUT2D eigenvalue weighted by Crippen LogP contribution is 2.26. The van der Waals surface area contributed by atoms with Crippen molar-refractivity contribution in [1.29, 1.82) is 0 Å². The lowest BCUT2D eigenvalue weighted by Crippen LogP contribution is -2.35. The van der Waals surface area contributed by atoms with Crippen LogP contribution in [0.5, 0.6) is 0 Å². The van der Waals surface area contributed by atoms with E-state index in [0.717, 1.165) is 13.0 Å². The largest absolute Gasteiger partial charge is 0.334 e. The number of fused-ring (bicyclic) bond motifs is 1. The molecule has 20 heavy (non-hydrogen) atoms. The normalized spacial score (nSPS) is 14.0. The number of hydrogen-bond acceptors (Lipinski definition) is 5. The number of hydrogen-bond donors (Lipinski definition) is 2. The predicted octanol–water partition coefficient (Wildman–Crippen LogP) is 2.28. The Balaban J connectivity index is 1.81. The number of nitrogens with two attached hydrogens (primary N) is 1. The summed E-state index contributed by atoms with van der Waals surface area (Å²) in [6.07, 6.45) is 2.40. The fourth-order valence-corrected chi connectivity index (χ4v) is 3.38. The number of nitrogen functional groups attached to an aromatic ring is 1. The Morgan fingerprint density at radius 1 is 1.55 bits per heavy atom. The molecule has 0 atom stereocenters. The number of carbonyl (C=O) groups excluding carboxylic acids is 1. The van der Waals surface area contributed by atoms with Crippen molar-refractivity contribution in [3.05, 3.63) is 44.7 Å². The van der Waals surface area contributed by atoms with E-state index in [1.165, 1.54) is 16.6 Å². The van der Waals surface area contributed by atoms with Crippen molar-refractivity contribution < 1.29 is 4.79 Å². The highest BCUT2D eigenvalue weighted by molar-refractivity contribution is 7.10. The molecule has 3 N–H and O–H groups in total.